The van der Waals surface area contributed by atoms with E-state index in [0.717, 1.165) is 37.4 Å². The quantitative estimate of drug-likeness (QED) is 0.256. The van der Waals surface area contributed by atoms with Gasteiger partial charge in [0.1, 0.15) is 29.8 Å². The molecule has 0 N–H and O–H groups in total. The van der Waals surface area contributed by atoms with Gasteiger partial charge in [0.25, 0.3) is 0 Å². The van der Waals surface area contributed by atoms with Crippen molar-refractivity contribution in [1.82, 2.24) is 0 Å². The van der Waals surface area contributed by atoms with E-state index in [9.17, 15) is 0 Å². The van der Waals surface area contributed by atoms with Gasteiger partial charge in [-0.15, -0.1) is 0 Å². The molecule has 1 saturated carbocycles. The molecule has 0 heterocycles. The zero-order valence-electron chi connectivity index (χ0n) is 27.4. The standard InChI is InChI=1S/C34H54O5Si2/c1-33(2,3)40(8,9)36-23-25-19-28(22-30(25)39-41(10,11)34(4,5)6)37-26-16-14-17-27(21-26)38-31-20-24-15-12-13-18-29(24)32(31)35-7/h12-18,21,25,28,30-32H,19-20,22-23H2,1-11H3/t25-,28+,30+,31-,32-/m0/s1. The van der Waals surface area contributed by atoms with E-state index in [-0.39, 0.29) is 34.5 Å². The van der Waals surface area contributed by atoms with Gasteiger partial charge < -0.3 is 23.1 Å². The average Bonchev–Trinajstić information content (AvgIpc) is 3.40. The second kappa shape index (κ2) is 12.2. The minimum atomic E-state index is -1.94. The van der Waals surface area contributed by atoms with Gasteiger partial charge in [-0.1, -0.05) is 71.9 Å². The molecule has 0 radical (unpaired) electrons. The Labute approximate surface area is 251 Å². The van der Waals surface area contributed by atoms with E-state index in [0.29, 0.717) is 5.92 Å². The average molecular weight is 599 g/mol. The van der Waals surface area contributed by atoms with Crippen molar-refractivity contribution in [2.75, 3.05) is 13.7 Å². The zero-order valence-corrected chi connectivity index (χ0v) is 29.4. The lowest BCUT2D eigenvalue weighted by Gasteiger charge is -2.41. The smallest absolute Gasteiger partial charge is 0.192 e. The van der Waals surface area contributed by atoms with Crippen LogP contribution in [-0.4, -0.2) is 48.7 Å². The van der Waals surface area contributed by atoms with Gasteiger partial charge in [0, 0.05) is 38.5 Å². The number of methoxy groups -OCH3 is 1. The van der Waals surface area contributed by atoms with Crippen molar-refractivity contribution in [3.05, 3.63) is 59.7 Å². The van der Waals surface area contributed by atoms with Gasteiger partial charge in [-0.2, -0.15) is 0 Å². The Hall–Kier alpha value is -1.65. The summed E-state index contributed by atoms with van der Waals surface area (Å²) in [6.07, 6.45) is 2.75. The fraction of sp³-hybridized carbons (Fsp3) is 0.647. The number of ether oxygens (including phenoxy) is 3. The Bertz CT molecular complexity index is 1170. The third kappa shape index (κ3) is 7.47. The summed E-state index contributed by atoms with van der Waals surface area (Å²) >= 11 is 0. The van der Waals surface area contributed by atoms with Crippen molar-refractivity contribution >= 4 is 16.6 Å². The van der Waals surface area contributed by atoms with Gasteiger partial charge in [-0.05, 0) is 65.9 Å². The van der Waals surface area contributed by atoms with E-state index in [2.05, 4.69) is 92.0 Å². The van der Waals surface area contributed by atoms with Gasteiger partial charge >= 0.3 is 0 Å². The Kier molecular flexibility index (Phi) is 9.57. The van der Waals surface area contributed by atoms with Gasteiger partial charge in [-0.3, -0.25) is 0 Å². The number of benzene rings is 2. The molecule has 0 aliphatic heterocycles. The Morgan fingerprint density at radius 3 is 2.02 bits per heavy atom. The molecule has 0 bridgehead atoms. The van der Waals surface area contributed by atoms with Gasteiger partial charge in [0.2, 0.25) is 0 Å². The molecule has 2 aliphatic carbocycles. The SMILES string of the molecule is CO[C@H]1c2ccccc2C[C@@H]1Oc1cccc(O[C@@H]2C[C@@H](CO[Si](C)(C)C(C)(C)C)[C@H](O[Si](C)(C)C(C)(C)C)C2)c1. The summed E-state index contributed by atoms with van der Waals surface area (Å²) in [7, 11) is -2.05. The predicted molar refractivity (Wildman–Crippen MR) is 173 cm³/mol. The number of rotatable bonds is 10. The second-order valence-corrected chi connectivity index (χ2v) is 24.7. The van der Waals surface area contributed by atoms with Crippen LogP contribution in [0.1, 0.15) is 71.6 Å². The van der Waals surface area contributed by atoms with Crippen molar-refractivity contribution in [3.8, 4) is 11.5 Å². The third-order valence-corrected chi connectivity index (χ3v) is 19.1. The summed E-state index contributed by atoms with van der Waals surface area (Å²) in [5.41, 5.74) is 2.51. The number of hydrogen-bond acceptors (Lipinski definition) is 5. The van der Waals surface area contributed by atoms with Crippen molar-refractivity contribution < 1.29 is 23.1 Å². The first-order valence-electron chi connectivity index (χ1n) is 15.4. The van der Waals surface area contributed by atoms with E-state index in [1.807, 2.05) is 24.3 Å². The maximum atomic E-state index is 7.02. The summed E-state index contributed by atoms with van der Waals surface area (Å²) in [4.78, 5) is 0. The van der Waals surface area contributed by atoms with Crippen molar-refractivity contribution in [2.24, 2.45) is 5.92 Å². The Morgan fingerprint density at radius 2 is 1.39 bits per heavy atom. The summed E-state index contributed by atoms with van der Waals surface area (Å²) in [6, 6.07) is 16.5. The molecule has 0 saturated heterocycles. The lowest BCUT2D eigenvalue weighted by Crippen LogP contribution is -2.46. The topological polar surface area (TPSA) is 46.2 Å². The molecule has 0 unspecified atom stereocenters. The molecular weight excluding hydrogens is 545 g/mol. The highest BCUT2D eigenvalue weighted by atomic mass is 28.4. The van der Waals surface area contributed by atoms with Crippen LogP contribution in [0.15, 0.2) is 48.5 Å². The normalized spacial score (nSPS) is 25.3. The summed E-state index contributed by atoms with van der Waals surface area (Å²) < 4.78 is 32.7. The van der Waals surface area contributed by atoms with Gasteiger partial charge in [0.05, 0.1) is 6.10 Å². The Balaban J connectivity index is 1.45. The fourth-order valence-corrected chi connectivity index (χ4v) is 7.90. The van der Waals surface area contributed by atoms with Crippen molar-refractivity contribution in [3.63, 3.8) is 0 Å². The van der Waals surface area contributed by atoms with Gasteiger partial charge in [0.15, 0.2) is 16.6 Å². The van der Waals surface area contributed by atoms with Crippen LogP contribution >= 0.6 is 0 Å². The Morgan fingerprint density at radius 1 is 0.756 bits per heavy atom. The molecule has 2 aromatic carbocycles. The summed E-state index contributed by atoms with van der Waals surface area (Å²) in [6.45, 7) is 23.9. The first-order chi connectivity index (χ1) is 19.0. The third-order valence-electron chi connectivity index (χ3n) is 10.1. The zero-order chi connectivity index (χ0) is 30.2. The molecule has 2 aliphatic rings. The minimum absolute atomic E-state index is 0.0571. The molecule has 1 fully saturated rings. The highest BCUT2D eigenvalue weighted by Crippen LogP contribution is 2.43. The molecule has 5 nitrogen and oxygen atoms in total. The van der Waals surface area contributed by atoms with E-state index < -0.39 is 16.6 Å². The van der Waals surface area contributed by atoms with Crippen LogP contribution in [0.2, 0.25) is 36.3 Å². The lowest BCUT2D eigenvalue weighted by atomic mass is 10.1. The van der Waals surface area contributed by atoms with Crippen molar-refractivity contribution in [1.29, 1.82) is 0 Å². The fourth-order valence-electron chi connectivity index (χ4n) is 5.43. The van der Waals surface area contributed by atoms with Crippen LogP contribution in [0, 0.1) is 5.92 Å². The first kappa shape index (κ1) is 32.3. The van der Waals surface area contributed by atoms with Crippen LogP contribution < -0.4 is 9.47 Å². The van der Waals surface area contributed by atoms with Crippen LogP contribution in [0.25, 0.3) is 0 Å². The molecule has 2 aromatic rings. The number of fused-ring (bicyclic) bond motifs is 1. The highest BCUT2D eigenvalue weighted by molar-refractivity contribution is 6.74. The van der Waals surface area contributed by atoms with E-state index >= 15 is 0 Å². The largest absolute Gasteiger partial charge is 0.490 e. The maximum Gasteiger partial charge on any atom is 0.192 e. The highest BCUT2D eigenvalue weighted by Gasteiger charge is 2.46. The van der Waals surface area contributed by atoms with E-state index in [4.69, 9.17) is 23.1 Å². The molecule has 4 rings (SSSR count). The molecule has 0 aromatic heterocycles. The predicted octanol–water partition coefficient (Wildman–Crippen LogP) is 8.95. The monoisotopic (exact) mass is 598 g/mol. The molecule has 5 atom stereocenters. The molecule has 0 spiro atoms. The lowest BCUT2D eigenvalue weighted by molar-refractivity contribution is 0.0124. The molecule has 0 amide bonds. The summed E-state index contributed by atoms with van der Waals surface area (Å²) in [5, 5.41) is 0.336. The van der Waals surface area contributed by atoms with Gasteiger partial charge in [-0.25, -0.2) is 0 Å². The van der Waals surface area contributed by atoms with Crippen LogP contribution in [0.4, 0.5) is 0 Å². The molecule has 41 heavy (non-hydrogen) atoms. The first-order valence-corrected chi connectivity index (χ1v) is 21.2. The van der Waals surface area contributed by atoms with Crippen LogP contribution in [0.5, 0.6) is 11.5 Å². The minimum Gasteiger partial charge on any atom is -0.490 e. The van der Waals surface area contributed by atoms with Crippen molar-refractivity contribution in [2.45, 2.75) is 121 Å². The number of hydrogen-bond donors (Lipinski definition) is 0. The van der Waals surface area contributed by atoms with E-state index in [1.165, 1.54) is 11.1 Å². The molecular formula is C34H54O5Si2. The molecule has 7 heteroatoms. The summed E-state index contributed by atoms with van der Waals surface area (Å²) in [5.74, 6) is 1.98. The molecule has 228 valence electrons. The van der Waals surface area contributed by atoms with Crippen LogP contribution in [0.3, 0.4) is 0 Å². The second-order valence-electron chi connectivity index (χ2n) is 15.1. The van der Waals surface area contributed by atoms with E-state index in [1.54, 1.807) is 7.11 Å². The van der Waals surface area contributed by atoms with Crippen LogP contribution in [-0.2, 0) is 20.0 Å². The maximum absolute atomic E-state index is 7.02.